The molecule has 0 aliphatic carbocycles. The highest BCUT2D eigenvalue weighted by atomic mass is 16.5. The molecule has 0 aliphatic heterocycles. The summed E-state index contributed by atoms with van der Waals surface area (Å²) in [6, 6.07) is 4.33. The van der Waals surface area contributed by atoms with E-state index >= 15 is 0 Å². The molecule has 3 heteroatoms. The molecule has 0 saturated heterocycles. The number of benzene rings is 1. The zero-order valence-corrected chi connectivity index (χ0v) is 11.3. The van der Waals surface area contributed by atoms with E-state index in [1.54, 1.807) is 0 Å². The van der Waals surface area contributed by atoms with Crippen LogP contribution < -0.4 is 4.90 Å². The van der Waals surface area contributed by atoms with E-state index in [9.17, 15) is 4.79 Å². The molecule has 3 nitrogen and oxygen atoms in total. The SMILES string of the molecule is COC(=O)CCN(C)c1c(C)cc(C)cc1C. The molecule has 0 bridgehead atoms. The molecule has 0 atom stereocenters. The van der Waals surface area contributed by atoms with Crippen molar-refractivity contribution in [1.29, 1.82) is 0 Å². The van der Waals surface area contributed by atoms with Gasteiger partial charge in [0, 0.05) is 19.3 Å². The molecule has 0 spiro atoms. The number of anilines is 1. The number of rotatable bonds is 4. The minimum absolute atomic E-state index is 0.167. The number of aryl methyl sites for hydroxylation is 3. The van der Waals surface area contributed by atoms with E-state index in [1.807, 2.05) is 7.05 Å². The average molecular weight is 235 g/mol. The Bertz CT molecular complexity index is 390. The Balaban J connectivity index is 2.82. The van der Waals surface area contributed by atoms with Crippen molar-refractivity contribution in [1.82, 2.24) is 0 Å². The molecule has 1 aromatic carbocycles. The first-order chi connectivity index (χ1) is 7.95. The first-order valence-electron chi connectivity index (χ1n) is 5.81. The van der Waals surface area contributed by atoms with Crippen LogP contribution in [-0.2, 0) is 9.53 Å². The second-order valence-electron chi connectivity index (χ2n) is 4.50. The molecule has 1 rings (SSSR count). The topological polar surface area (TPSA) is 29.5 Å². The van der Waals surface area contributed by atoms with Crippen LogP contribution in [0.2, 0.25) is 0 Å². The van der Waals surface area contributed by atoms with Crippen LogP contribution >= 0.6 is 0 Å². The number of hydrogen-bond donors (Lipinski definition) is 0. The lowest BCUT2D eigenvalue weighted by Gasteiger charge is -2.23. The highest BCUT2D eigenvalue weighted by molar-refractivity contribution is 5.70. The number of nitrogens with zero attached hydrogens (tertiary/aromatic N) is 1. The van der Waals surface area contributed by atoms with Crippen LogP contribution in [0.15, 0.2) is 12.1 Å². The van der Waals surface area contributed by atoms with Gasteiger partial charge >= 0.3 is 5.97 Å². The Labute approximate surface area is 103 Å². The van der Waals surface area contributed by atoms with Crippen LogP contribution in [0.25, 0.3) is 0 Å². The minimum atomic E-state index is -0.167. The lowest BCUT2D eigenvalue weighted by atomic mass is 10.0. The Kier molecular flexibility index (Phi) is 4.55. The van der Waals surface area contributed by atoms with Gasteiger partial charge in [0.05, 0.1) is 13.5 Å². The monoisotopic (exact) mass is 235 g/mol. The van der Waals surface area contributed by atoms with Crippen molar-refractivity contribution in [3.63, 3.8) is 0 Å². The maximum Gasteiger partial charge on any atom is 0.307 e. The quantitative estimate of drug-likeness (QED) is 0.751. The van der Waals surface area contributed by atoms with Gasteiger partial charge in [0.15, 0.2) is 0 Å². The van der Waals surface area contributed by atoms with E-state index in [0.29, 0.717) is 13.0 Å². The summed E-state index contributed by atoms with van der Waals surface area (Å²) in [6.07, 6.45) is 0.416. The van der Waals surface area contributed by atoms with Crippen molar-refractivity contribution in [2.45, 2.75) is 27.2 Å². The third kappa shape index (κ3) is 3.48. The van der Waals surface area contributed by atoms with Crippen LogP contribution in [-0.4, -0.2) is 26.7 Å². The minimum Gasteiger partial charge on any atom is -0.469 e. The van der Waals surface area contributed by atoms with Gasteiger partial charge in [-0.3, -0.25) is 4.79 Å². The van der Waals surface area contributed by atoms with Gasteiger partial charge in [-0.25, -0.2) is 0 Å². The first kappa shape index (κ1) is 13.6. The lowest BCUT2D eigenvalue weighted by Crippen LogP contribution is -2.23. The van der Waals surface area contributed by atoms with Gasteiger partial charge in [-0.2, -0.15) is 0 Å². The molecule has 0 amide bonds. The third-order valence-corrected chi connectivity index (χ3v) is 2.90. The summed E-state index contributed by atoms with van der Waals surface area (Å²) >= 11 is 0. The Morgan fingerprint density at radius 3 is 2.24 bits per heavy atom. The fourth-order valence-corrected chi connectivity index (χ4v) is 2.25. The molecule has 0 heterocycles. The average Bonchev–Trinajstić information content (AvgIpc) is 2.24. The molecule has 1 aromatic rings. The molecule has 0 radical (unpaired) electrons. The van der Waals surface area contributed by atoms with E-state index < -0.39 is 0 Å². The van der Waals surface area contributed by atoms with Crippen molar-refractivity contribution in [2.24, 2.45) is 0 Å². The maximum atomic E-state index is 11.1. The van der Waals surface area contributed by atoms with Crippen molar-refractivity contribution in [3.05, 3.63) is 28.8 Å². The predicted octanol–water partition coefficient (Wildman–Crippen LogP) is 2.61. The zero-order valence-electron chi connectivity index (χ0n) is 11.3. The summed E-state index contributed by atoms with van der Waals surface area (Å²) in [5.74, 6) is -0.167. The fraction of sp³-hybridized carbons (Fsp3) is 0.500. The number of hydrogen-bond acceptors (Lipinski definition) is 3. The summed E-state index contributed by atoms with van der Waals surface area (Å²) in [5.41, 5.74) is 4.97. The van der Waals surface area contributed by atoms with E-state index in [0.717, 1.165) is 0 Å². The summed E-state index contributed by atoms with van der Waals surface area (Å²) in [6.45, 7) is 6.98. The Morgan fingerprint density at radius 1 is 1.24 bits per heavy atom. The van der Waals surface area contributed by atoms with Gasteiger partial charge < -0.3 is 9.64 Å². The molecule has 0 fully saturated rings. The summed E-state index contributed by atoms with van der Waals surface area (Å²) in [7, 11) is 3.43. The number of methoxy groups -OCH3 is 1. The molecular formula is C14H21NO2. The second kappa shape index (κ2) is 5.71. The van der Waals surface area contributed by atoms with Crippen molar-refractivity contribution < 1.29 is 9.53 Å². The summed E-state index contributed by atoms with van der Waals surface area (Å²) in [4.78, 5) is 13.2. The summed E-state index contributed by atoms with van der Waals surface area (Å²) < 4.78 is 4.65. The predicted molar refractivity (Wildman–Crippen MR) is 70.6 cm³/mol. The van der Waals surface area contributed by atoms with E-state index in [1.165, 1.54) is 29.5 Å². The summed E-state index contributed by atoms with van der Waals surface area (Å²) in [5, 5.41) is 0. The van der Waals surface area contributed by atoms with Crippen molar-refractivity contribution in [2.75, 3.05) is 25.6 Å². The molecule has 0 unspecified atom stereocenters. The standard InChI is InChI=1S/C14H21NO2/c1-10-8-11(2)14(12(3)9-10)15(4)7-6-13(16)17-5/h8-9H,6-7H2,1-5H3. The van der Waals surface area contributed by atoms with Crippen LogP contribution in [0.3, 0.4) is 0 Å². The van der Waals surface area contributed by atoms with Crippen LogP contribution in [0.1, 0.15) is 23.1 Å². The van der Waals surface area contributed by atoms with Crippen molar-refractivity contribution in [3.8, 4) is 0 Å². The van der Waals surface area contributed by atoms with E-state index in [-0.39, 0.29) is 5.97 Å². The van der Waals surface area contributed by atoms with Gasteiger partial charge in [0.1, 0.15) is 0 Å². The van der Waals surface area contributed by atoms with Crippen molar-refractivity contribution >= 4 is 11.7 Å². The number of ether oxygens (including phenoxy) is 1. The molecule has 94 valence electrons. The van der Waals surface area contributed by atoms with Gasteiger partial charge in [-0.1, -0.05) is 17.7 Å². The largest absolute Gasteiger partial charge is 0.469 e. The first-order valence-corrected chi connectivity index (χ1v) is 5.81. The zero-order chi connectivity index (χ0) is 13.0. The Hall–Kier alpha value is -1.51. The molecule has 0 aromatic heterocycles. The highest BCUT2D eigenvalue weighted by Gasteiger charge is 2.10. The maximum absolute atomic E-state index is 11.1. The number of esters is 1. The fourth-order valence-electron chi connectivity index (χ4n) is 2.25. The molecular weight excluding hydrogens is 214 g/mol. The van der Waals surface area contributed by atoms with E-state index in [2.05, 4.69) is 42.5 Å². The number of carbonyl (C=O) groups excluding carboxylic acids is 1. The highest BCUT2D eigenvalue weighted by Crippen LogP contribution is 2.25. The second-order valence-corrected chi connectivity index (χ2v) is 4.50. The molecule has 17 heavy (non-hydrogen) atoms. The van der Waals surface area contributed by atoms with Gasteiger partial charge in [0.25, 0.3) is 0 Å². The normalized spacial score (nSPS) is 10.2. The Morgan fingerprint density at radius 2 is 1.76 bits per heavy atom. The van der Waals surface area contributed by atoms with Gasteiger partial charge in [-0.05, 0) is 31.9 Å². The molecule has 0 saturated carbocycles. The van der Waals surface area contributed by atoms with Gasteiger partial charge in [-0.15, -0.1) is 0 Å². The molecule has 0 N–H and O–H groups in total. The third-order valence-electron chi connectivity index (χ3n) is 2.90. The number of carbonyl (C=O) groups is 1. The van der Waals surface area contributed by atoms with Crippen LogP contribution in [0.5, 0.6) is 0 Å². The van der Waals surface area contributed by atoms with E-state index in [4.69, 9.17) is 0 Å². The smallest absolute Gasteiger partial charge is 0.307 e. The molecule has 0 aliphatic rings. The lowest BCUT2D eigenvalue weighted by molar-refractivity contribution is -0.140. The van der Waals surface area contributed by atoms with Crippen LogP contribution in [0, 0.1) is 20.8 Å². The van der Waals surface area contributed by atoms with Gasteiger partial charge in [0.2, 0.25) is 0 Å². The van der Waals surface area contributed by atoms with Crippen LogP contribution in [0.4, 0.5) is 5.69 Å².